The second kappa shape index (κ2) is 8.02. The highest BCUT2D eigenvalue weighted by Crippen LogP contribution is 2.10. The van der Waals surface area contributed by atoms with Crippen molar-refractivity contribution in [3.63, 3.8) is 0 Å². The number of anilines is 1. The molecule has 1 aromatic heterocycles. The van der Waals surface area contributed by atoms with Gasteiger partial charge in [0.05, 0.1) is 0 Å². The van der Waals surface area contributed by atoms with E-state index in [1.54, 1.807) is 0 Å². The average Bonchev–Trinajstić information content (AvgIpc) is 3.17. The number of nitrogens with one attached hydrogen (secondary N) is 2. The largest absolute Gasteiger partial charge is 0.385 e. The number of amides is 1. The number of benzene rings is 2. The van der Waals surface area contributed by atoms with Crippen LogP contribution in [-0.4, -0.2) is 23.6 Å². The van der Waals surface area contributed by atoms with E-state index in [0.29, 0.717) is 12.1 Å². The first kappa shape index (κ1) is 15.9. The highest BCUT2D eigenvalue weighted by Gasteiger charge is 2.04. The van der Waals surface area contributed by atoms with E-state index in [2.05, 4.69) is 10.6 Å². The molecule has 4 heteroatoms. The first-order valence-electron chi connectivity index (χ1n) is 8.13. The van der Waals surface area contributed by atoms with Crippen LogP contribution in [0.1, 0.15) is 16.8 Å². The Hall–Kier alpha value is -3.01. The van der Waals surface area contributed by atoms with Gasteiger partial charge < -0.3 is 15.2 Å². The molecule has 0 unspecified atom stereocenters. The Kier molecular flexibility index (Phi) is 5.30. The van der Waals surface area contributed by atoms with Crippen molar-refractivity contribution in [3.8, 4) is 5.69 Å². The van der Waals surface area contributed by atoms with E-state index in [4.69, 9.17) is 0 Å². The molecule has 24 heavy (non-hydrogen) atoms. The zero-order chi connectivity index (χ0) is 16.6. The van der Waals surface area contributed by atoms with Gasteiger partial charge in [-0.05, 0) is 55.0 Å². The lowest BCUT2D eigenvalue weighted by molar-refractivity contribution is 0.0953. The smallest absolute Gasteiger partial charge is 0.251 e. The van der Waals surface area contributed by atoms with E-state index in [1.807, 2.05) is 83.7 Å². The van der Waals surface area contributed by atoms with Crippen LogP contribution in [0.15, 0.2) is 79.1 Å². The Morgan fingerprint density at radius 3 is 2.25 bits per heavy atom. The van der Waals surface area contributed by atoms with Gasteiger partial charge in [0.25, 0.3) is 5.91 Å². The first-order valence-corrected chi connectivity index (χ1v) is 8.13. The number of nitrogens with zero attached hydrogens (tertiary/aromatic N) is 1. The molecule has 122 valence electrons. The molecular weight excluding hydrogens is 298 g/mol. The normalized spacial score (nSPS) is 10.3. The SMILES string of the molecule is O=C(NCCCNc1ccccc1)c1ccc(-n2cccc2)cc1. The van der Waals surface area contributed by atoms with Gasteiger partial charge in [-0.3, -0.25) is 4.79 Å². The van der Waals surface area contributed by atoms with Gasteiger partial charge in [-0.2, -0.15) is 0 Å². The molecule has 0 bridgehead atoms. The van der Waals surface area contributed by atoms with E-state index in [9.17, 15) is 4.79 Å². The van der Waals surface area contributed by atoms with E-state index in [0.717, 1.165) is 24.3 Å². The maximum atomic E-state index is 12.1. The van der Waals surface area contributed by atoms with Crippen LogP contribution in [0.3, 0.4) is 0 Å². The summed E-state index contributed by atoms with van der Waals surface area (Å²) in [6, 6.07) is 21.6. The predicted octanol–water partition coefficient (Wildman–Crippen LogP) is 3.71. The fraction of sp³-hybridized carbons (Fsp3) is 0.150. The van der Waals surface area contributed by atoms with E-state index >= 15 is 0 Å². The number of rotatable bonds is 7. The second-order valence-electron chi connectivity index (χ2n) is 5.54. The van der Waals surface area contributed by atoms with Gasteiger partial charge in [0.2, 0.25) is 0 Å². The van der Waals surface area contributed by atoms with Crippen LogP contribution in [0.25, 0.3) is 5.69 Å². The van der Waals surface area contributed by atoms with Crippen LogP contribution < -0.4 is 10.6 Å². The summed E-state index contributed by atoms with van der Waals surface area (Å²) in [5, 5.41) is 6.28. The number of para-hydroxylation sites is 1. The fourth-order valence-electron chi connectivity index (χ4n) is 2.47. The monoisotopic (exact) mass is 319 g/mol. The number of aromatic nitrogens is 1. The third-order valence-electron chi connectivity index (χ3n) is 3.77. The quantitative estimate of drug-likeness (QED) is 0.652. The molecule has 0 radical (unpaired) electrons. The summed E-state index contributed by atoms with van der Waals surface area (Å²) >= 11 is 0. The summed E-state index contributed by atoms with van der Waals surface area (Å²) < 4.78 is 2.01. The van der Waals surface area contributed by atoms with Crippen LogP contribution in [0.2, 0.25) is 0 Å². The highest BCUT2D eigenvalue weighted by atomic mass is 16.1. The van der Waals surface area contributed by atoms with Crippen molar-refractivity contribution in [1.29, 1.82) is 0 Å². The molecule has 0 atom stereocenters. The van der Waals surface area contributed by atoms with E-state index in [-0.39, 0.29) is 5.91 Å². The summed E-state index contributed by atoms with van der Waals surface area (Å²) in [7, 11) is 0. The molecule has 3 rings (SSSR count). The van der Waals surface area contributed by atoms with E-state index < -0.39 is 0 Å². The molecule has 0 aliphatic rings. The average molecular weight is 319 g/mol. The molecular formula is C20H21N3O. The van der Waals surface area contributed by atoms with Gasteiger partial charge in [0.1, 0.15) is 0 Å². The Bertz CT molecular complexity index is 749. The summed E-state index contributed by atoms with van der Waals surface area (Å²) in [5.41, 5.74) is 2.83. The van der Waals surface area contributed by atoms with Gasteiger partial charge in [-0.25, -0.2) is 0 Å². The Labute approximate surface area is 142 Å². The van der Waals surface area contributed by atoms with Gasteiger partial charge in [0.15, 0.2) is 0 Å². The molecule has 0 saturated heterocycles. The van der Waals surface area contributed by atoms with Crippen molar-refractivity contribution in [2.24, 2.45) is 0 Å². The minimum atomic E-state index is -0.0335. The molecule has 4 nitrogen and oxygen atoms in total. The fourth-order valence-corrected chi connectivity index (χ4v) is 2.47. The second-order valence-corrected chi connectivity index (χ2v) is 5.54. The van der Waals surface area contributed by atoms with Crippen LogP contribution in [0, 0.1) is 0 Å². The zero-order valence-electron chi connectivity index (χ0n) is 13.5. The zero-order valence-corrected chi connectivity index (χ0v) is 13.5. The molecule has 2 aromatic carbocycles. The topological polar surface area (TPSA) is 46.1 Å². The Balaban J connectivity index is 1.42. The van der Waals surface area contributed by atoms with E-state index in [1.165, 1.54) is 0 Å². The maximum Gasteiger partial charge on any atom is 0.251 e. The third-order valence-corrected chi connectivity index (χ3v) is 3.77. The highest BCUT2D eigenvalue weighted by molar-refractivity contribution is 5.94. The number of carbonyl (C=O) groups is 1. The van der Waals surface area contributed by atoms with Crippen LogP contribution in [-0.2, 0) is 0 Å². The molecule has 0 fully saturated rings. The van der Waals surface area contributed by atoms with Crippen molar-refractivity contribution < 1.29 is 4.79 Å². The van der Waals surface area contributed by atoms with Gasteiger partial charge >= 0.3 is 0 Å². The van der Waals surface area contributed by atoms with Crippen molar-refractivity contribution in [2.45, 2.75) is 6.42 Å². The predicted molar refractivity (Wildman–Crippen MR) is 97.7 cm³/mol. The first-order chi connectivity index (χ1) is 11.8. The standard InChI is InChI=1S/C20H21N3O/c24-20(22-14-6-13-21-18-7-2-1-3-8-18)17-9-11-19(12-10-17)23-15-4-5-16-23/h1-5,7-12,15-16,21H,6,13-14H2,(H,22,24). The Morgan fingerprint density at radius 1 is 0.833 bits per heavy atom. The minimum absolute atomic E-state index is 0.0335. The Morgan fingerprint density at radius 2 is 1.54 bits per heavy atom. The van der Waals surface area contributed by atoms with Crippen LogP contribution in [0.4, 0.5) is 5.69 Å². The number of hydrogen-bond acceptors (Lipinski definition) is 2. The molecule has 1 heterocycles. The summed E-state index contributed by atoms with van der Waals surface area (Å²) in [5.74, 6) is -0.0335. The van der Waals surface area contributed by atoms with Gasteiger partial charge in [-0.1, -0.05) is 18.2 Å². The van der Waals surface area contributed by atoms with Crippen molar-refractivity contribution in [3.05, 3.63) is 84.7 Å². The van der Waals surface area contributed by atoms with Crippen LogP contribution >= 0.6 is 0 Å². The van der Waals surface area contributed by atoms with Gasteiger partial charge in [0, 0.05) is 42.4 Å². The lowest BCUT2D eigenvalue weighted by Gasteiger charge is -2.08. The third kappa shape index (κ3) is 4.26. The number of carbonyl (C=O) groups excluding carboxylic acids is 1. The molecule has 0 saturated carbocycles. The maximum absolute atomic E-state index is 12.1. The summed E-state index contributed by atoms with van der Waals surface area (Å²) in [4.78, 5) is 12.1. The number of hydrogen-bond donors (Lipinski definition) is 2. The molecule has 2 N–H and O–H groups in total. The molecule has 0 aliphatic heterocycles. The summed E-state index contributed by atoms with van der Waals surface area (Å²) in [6.45, 7) is 1.48. The molecule has 3 aromatic rings. The molecule has 0 aliphatic carbocycles. The summed E-state index contributed by atoms with van der Waals surface area (Å²) in [6.07, 6.45) is 4.84. The van der Waals surface area contributed by atoms with Crippen molar-refractivity contribution in [1.82, 2.24) is 9.88 Å². The van der Waals surface area contributed by atoms with Crippen LogP contribution in [0.5, 0.6) is 0 Å². The van der Waals surface area contributed by atoms with Gasteiger partial charge in [-0.15, -0.1) is 0 Å². The minimum Gasteiger partial charge on any atom is -0.385 e. The van der Waals surface area contributed by atoms with Crippen molar-refractivity contribution >= 4 is 11.6 Å². The lowest BCUT2D eigenvalue weighted by atomic mass is 10.2. The lowest BCUT2D eigenvalue weighted by Crippen LogP contribution is -2.25. The molecule has 0 spiro atoms. The van der Waals surface area contributed by atoms with Crippen molar-refractivity contribution in [2.75, 3.05) is 18.4 Å². The molecule has 1 amide bonds.